The molecule has 0 unspecified atom stereocenters. The quantitative estimate of drug-likeness (QED) is 0.637. The molecule has 0 bridgehead atoms. The second kappa shape index (κ2) is 8.58. The molecule has 8 heteroatoms. The Morgan fingerprint density at radius 1 is 1.00 bits per heavy atom. The molecule has 0 atom stereocenters. The monoisotopic (exact) mass is 419 g/mol. The predicted molar refractivity (Wildman–Crippen MR) is 109 cm³/mol. The van der Waals surface area contributed by atoms with Crippen molar-refractivity contribution >= 4 is 40.6 Å². The zero-order valence-electron chi connectivity index (χ0n) is 15.5. The van der Waals surface area contributed by atoms with Crippen LogP contribution in [0.1, 0.15) is 11.1 Å². The molecule has 0 spiro atoms. The zero-order valence-corrected chi connectivity index (χ0v) is 17.1. The molecule has 0 N–H and O–H groups in total. The van der Waals surface area contributed by atoms with Crippen molar-refractivity contribution in [2.24, 2.45) is 0 Å². The van der Waals surface area contributed by atoms with Crippen molar-refractivity contribution in [2.45, 2.75) is 6.54 Å². The Balaban J connectivity index is 1.88. The first-order valence-electron chi connectivity index (χ1n) is 8.26. The van der Waals surface area contributed by atoms with Gasteiger partial charge in [0.25, 0.3) is 11.1 Å². The third-order valence-electron chi connectivity index (χ3n) is 4.11. The number of amides is 2. The van der Waals surface area contributed by atoms with Gasteiger partial charge in [0.2, 0.25) is 5.75 Å². The van der Waals surface area contributed by atoms with Crippen molar-refractivity contribution in [3.8, 4) is 17.2 Å². The molecule has 28 heavy (non-hydrogen) atoms. The van der Waals surface area contributed by atoms with Gasteiger partial charge in [-0.2, -0.15) is 0 Å². The van der Waals surface area contributed by atoms with Crippen LogP contribution in [-0.4, -0.2) is 37.4 Å². The smallest absolute Gasteiger partial charge is 0.293 e. The zero-order chi connectivity index (χ0) is 20.3. The highest BCUT2D eigenvalue weighted by molar-refractivity contribution is 8.18. The molecule has 3 rings (SSSR count). The summed E-state index contributed by atoms with van der Waals surface area (Å²) in [6.45, 7) is 0.189. The molecule has 1 aliphatic rings. The molecule has 6 nitrogen and oxygen atoms in total. The fourth-order valence-corrected chi connectivity index (χ4v) is 3.71. The van der Waals surface area contributed by atoms with E-state index in [0.717, 1.165) is 17.3 Å². The number of carbonyl (C=O) groups is 2. The van der Waals surface area contributed by atoms with Crippen molar-refractivity contribution in [3.63, 3.8) is 0 Å². The molecule has 146 valence electrons. The molecule has 0 aromatic heterocycles. The van der Waals surface area contributed by atoms with E-state index in [0.29, 0.717) is 32.7 Å². The molecule has 0 aliphatic carbocycles. The van der Waals surface area contributed by atoms with Gasteiger partial charge in [-0.05, 0) is 53.2 Å². The second-order valence-electron chi connectivity index (χ2n) is 5.85. The molecular weight excluding hydrogens is 402 g/mol. The number of nitrogens with zero attached hydrogens (tertiary/aromatic N) is 1. The van der Waals surface area contributed by atoms with Gasteiger partial charge >= 0.3 is 0 Å². The van der Waals surface area contributed by atoms with E-state index in [2.05, 4.69) is 0 Å². The van der Waals surface area contributed by atoms with Gasteiger partial charge in [-0.25, -0.2) is 0 Å². The molecule has 2 aromatic carbocycles. The highest BCUT2D eigenvalue weighted by atomic mass is 35.5. The lowest BCUT2D eigenvalue weighted by molar-refractivity contribution is -0.123. The number of methoxy groups -OCH3 is 3. The molecule has 1 aliphatic heterocycles. The van der Waals surface area contributed by atoms with E-state index in [1.165, 1.54) is 26.2 Å². The summed E-state index contributed by atoms with van der Waals surface area (Å²) in [7, 11) is 4.55. The van der Waals surface area contributed by atoms with Crippen LogP contribution in [0, 0.1) is 0 Å². The minimum atomic E-state index is -0.348. The average molecular weight is 420 g/mol. The van der Waals surface area contributed by atoms with Gasteiger partial charge in [-0.3, -0.25) is 14.5 Å². The highest BCUT2D eigenvalue weighted by Gasteiger charge is 2.35. The van der Waals surface area contributed by atoms with Crippen LogP contribution < -0.4 is 14.2 Å². The molecule has 1 fully saturated rings. The maximum absolute atomic E-state index is 12.7. The van der Waals surface area contributed by atoms with E-state index >= 15 is 0 Å². The van der Waals surface area contributed by atoms with Crippen molar-refractivity contribution < 1.29 is 23.8 Å². The fourth-order valence-electron chi connectivity index (χ4n) is 2.74. The predicted octanol–water partition coefficient (Wildman–Crippen LogP) is 4.60. The lowest BCUT2D eigenvalue weighted by Crippen LogP contribution is -2.27. The molecule has 0 radical (unpaired) electrons. The topological polar surface area (TPSA) is 65.1 Å². The van der Waals surface area contributed by atoms with Crippen LogP contribution in [0.5, 0.6) is 17.2 Å². The number of carbonyl (C=O) groups excluding carboxylic acids is 2. The Kier molecular flexibility index (Phi) is 6.16. The van der Waals surface area contributed by atoms with Gasteiger partial charge in [0.05, 0.1) is 32.8 Å². The van der Waals surface area contributed by atoms with Crippen molar-refractivity contribution in [1.82, 2.24) is 4.90 Å². The summed E-state index contributed by atoms with van der Waals surface area (Å²) in [4.78, 5) is 26.6. The van der Waals surface area contributed by atoms with Crippen LogP contribution in [0.2, 0.25) is 5.02 Å². The van der Waals surface area contributed by atoms with Crippen LogP contribution in [-0.2, 0) is 11.3 Å². The summed E-state index contributed by atoms with van der Waals surface area (Å²) < 4.78 is 16.0. The average Bonchev–Trinajstić information content (AvgIpc) is 2.96. The third kappa shape index (κ3) is 4.10. The first-order valence-corrected chi connectivity index (χ1v) is 9.46. The number of imide groups is 1. The number of halogens is 1. The summed E-state index contributed by atoms with van der Waals surface area (Å²) in [5.41, 5.74) is 1.48. The number of thioether (sulfide) groups is 1. The fraction of sp³-hybridized carbons (Fsp3) is 0.200. The normalized spacial score (nSPS) is 15.3. The standard InChI is InChI=1S/C20H18ClNO5S/c1-25-15-8-13(9-16(26-2)18(15)27-3)10-17-19(23)22(20(24)28-17)11-12-4-6-14(21)7-5-12/h4-10H,11H2,1-3H3/b17-10+. The van der Waals surface area contributed by atoms with Gasteiger partial charge < -0.3 is 14.2 Å². The minimum Gasteiger partial charge on any atom is -0.493 e. The lowest BCUT2D eigenvalue weighted by atomic mass is 10.1. The number of ether oxygens (including phenoxy) is 3. The molecular formula is C20H18ClNO5S. The number of hydrogen-bond donors (Lipinski definition) is 0. The van der Waals surface area contributed by atoms with Gasteiger partial charge in [0, 0.05) is 5.02 Å². The maximum atomic E-state index is 12.7. The first-order chi connectivity index (χ1) is 13.5. The van der Waals surface area contributed by atoms with Crippen LogP contribution in [0.15, 0.2) is 41.3 Å². The molecule has 2 aromatic rings. The largest absolute Gasteiger partial charge is 0.493 e. The van der Waals surface area contributed by atoms with Crippen LogP contribution in [0.25, 0.3) is 6.08 Å². The summed E-state index contributed by atoms with van der Waals surface area (Å²) >= 11 is 6.78. The van der Waals surface area contributed by atoms with Gasteiger partial charge in [-0.15, -0.1) is 0 Å². The van der Waals surface area contributed by atoms with Crippen LogP contribution in [0.4, 0.5) is 4.79 Å². The van der Waals surface area contributed by atoms with Gasteiger partial charge in [0.15, 0.2) is 11.5 Å². The van der Waals surface area contributed by atoms with E-state index in [1.807, 2.05) is 0 Å². The van der Waals surface area contributed by atoms with Gasteiger partial charge in [-0.1, -0.05) is 23.7 Å². The van der Waals surface area contributed by atoms with Crippen molar-refractivity contribution in [1.29, 1.82) is 0 Å². The number of benzene rings is 2. The van der Waals surface area contributed by atoms with Gasteiger partial charge in [0.1, 0.15) is 0 Å². The molecule has 1 saturated heterocycles. The SMILES string of the molecule is COc1cc(/C=C2/SC(=O)N(Cc3ccc(Cl)cc3)C2=O)cc(OC)c1OC. The van der Waals surface area contributed by atoms with Crippen molar-refractivity contribution in [3.05, 3.63) is 57.5 Å². The number of rotatable bonds is 6. The summed E-state index contributed by atoms with van der Waals surface area (Å²) in [5, 5.41) is 0.277. The molecule has 0 saturated carbocycles. The third-order valence-corrected chi connectivity index (χ3v) is 5.27. The van der Waals surface area contributed by atoms with E-state index in [1.54, 1.807) is 42.5 Å². The second-order valence-corrected chi connectivity index (χ2v) is 7.28. The summed E-state index contributed by atoms with van der Waals surface area (Å²) in [6, 6.07) is 10.5. The highest BCUT2D eigenvalue weighted by Crippen LogP contribution is 2.40. The minimum absolute atomic E-state index is 0.189. The summed E-state index contributed by atoms with van der Waals surface area (Å²) in [6.07, 6.45) is 1.64. The molecule has 2 amide bonds. The first kappa shape index (κ1) is 20.1. The maximum Gasteiger partial charge on any atom is 0.293 e. The van der Waals surface area contributed by atoms with Crippen molar-refractivity contribution in [2.75, 3.05) is 21.3 Å². The van der Waals surface area contributed by atoms with E-state index < -0.39 is 0 Å². The summed E-state index contributed by atoms with van der Waals surface area (Å²) in [5.74, 6) is 1.04. The Morgan fingerprint density at radius 2 is 1.61 bits per heavy atom. The number of hydrogen-bond acceptors (Lipinski definition) is 6. The lowest BCUT2D eigenvalue weighted by Gasteiger charge is -2.13. The van der Waals surface area contributed by atoms with Crippen LogP contribution in [0.3, 0.4) is 0 Å². The Hall–Kier alpha value is -2.64. The van der Waals surface area contributed by atoms with E-state index in [4.69, 9.17) is 25.8 Å². The Labute approximate surface area is 172 Å². The Morgan fingerprint density at radius 3 is 2.14 bits per heavy atom. The van der Waals surface area contributed by atoms with Crippen LogP contribution >= 0.6 is 23.4 Å². The Bertz CT molecular complexity index is 917. The van der Waals surface area contributed by atoms with E-state index in [-0.39, 0.29) is 17.7 Å². The van der Waals surface area contributed by atoms with E-state index in [9.17, 15) is 9.59 Å². The molecule has 1 heterocycles.